The van der Waals surface area contributed by atoms with E-state index >= 15 is 0 Å². The van der Waals surface area contributed by atoms with Gasteiger partial charge in [-0.1, -0.05) is 18.2 Å². The van der Waals surface area contributed by atoms with Gasteiger partial charge in [-0.05, 0) is 63.6 Å². The summed E-state index contributed by atoms with van der Waals surface area (Å²) in [5, 5.41) is 2.38. The molecule has 3 aliphatic rings. The van der Waals surface area contributed by atoms with Crippen LogP contribution in [0.2, 0.25) is 0 Å². The van der Waals surface area contributed by atoms with Gasteiger partial charge in [0.2, 0.25) is 11.8 Å². The summed E-state index contributed by atoms with van der Waals surface area (Å²) >= 11 is 0. The minimum Gasteiger partial charge on any atom is -0.322 e. The zero-order chi connectivity index (χ0) is 20.1. The topological polar surface area (TPSA) is 69.7 Å². The average Bonchev–Trinajstić information content (AvgIpc) is 2.98. The number of imide groups is 1. The number of rotatable bonds is 2. The van der Waals surface area contributed by atoms with Crippen LogP contribution in [0.3, 0.4) is 0 Å². The molecular weight excluding hydrogens is 354 g/mol. The van der Waals surface area contributed by atoms with Gasteiger partial charge in [0, 0.05) is 30.6 Å². The molecule has 4 rings (SSSR count). The van der Waals surface area contributed by atoms with E-state index in [0.717, 1.165) is 42.6 Å². The summed E-state index contributed by atoms with van der Waals surface area (Å²) in [5.74, 6) is -0.340. The van der Waals surface area contributed by atoms with Crippen LogP contribution in [0.25, 0.3) is 0 Å². The molecule has 2 saturated heterocycles. The number of amides is 3. The lowest BCUT2D eigenvalue weighted by atomic mass is 9.84. The van der Waals surface area contributed by atoms with Crippen molar-refractivity contribution in [3.8, 4) is 0 Å². The fraction of sp³-hybridized carbons (Fsp3) is 0.591. The first-order chi connectivity index (χ1) is 13.3. The van der Waals surface area contributed by atoms with E-state index in [0.29, 0.717) is 18.9 Å². The van der Waals surface area contributed by atoms with Crippen molar-refractivity contribution in [1.82, 2.24) is 15.1 Å². The van der Waals surface area contributed by atoms with Crippen molar-refractivity contribution >= 4 is 17.7 Å². The third kappa shape index (κ3) is 3.34. The van der Waals surface area contributed by atoms with Crippen LogP contribution in [-0.4, -0.2) is 52.2 Å². The molecule has 0 aromatic heterocycles. The molecule has 1 aromatic rings. The Kier molecular flexibility index (Phi) is 4.78. The first kappa shape index (κ1) is 19.1. The number of carbonyl (C=O) groups is 3. The van der Waals surface area contributed by atoms with Crippen LogP contribution in [0, 0.1) is 0 Å². The molecule has 3 heterocycles. The Bertz CT molecular complexity index is 827. The van der Waals surface area contributed by atoms with Crippen LogP contribution >= 0.6 is 0 Å². The highest BCUT2D eigenvalue weighted by Gasteiger charge is 2.41. The molecule has 3 aliphatic heterocycles. The van der Waals surface area contributed by atoms with Crippen molar-refractivity contribution in [3.05, 3.63) is 34.9 Å². The third-order valence-electron chi connectivity index (χ3n) is 6.39. The second-order valence-electron chi connectivity index (χ2n) is 9.24. The second-order valence-corrected chi connectivity index (χ2v) is 9.24. The van der Waals surface area contributed by atoms with E-state index in [4.69, 9.17) is 0 Å². The predicted octanol–water partition coefficient (Wildman–Crippen LogP) is 2.43. The largest absolute Gasteiger partial charge is 0.322 e. The zero-order valence-electron chi connectivity index (χ0n) is 17.0. The molecule has 28 heavy (non-hydrogen) atoms. The van der Waals surface area contributed by atoms with Gasteiger partial charge in [-0.3, -0.25) is 24.6 Å². The van der Waals surface area contributed by atoms with Crippen LogP contribution in [0.15, 0.2) is 18.2 Å². The van der Waals surface area contributed by atoms with Crippen molar-refractivity contribution in [2.75, 3.05) is 13.1 Å². The van der Waals surface area contributed by atoms with E-state index in [9.17, 15) is 14.4 Å². The SMILES string of the molecule is CC(C)(C)N1CCCC(c2cccc3c2C(=O)N(C2CCC(=O)NC2=O)C3)C1. The van der Waals surface area contributed by atoms with E-state index < -0.39 is 6.04 Å². The first-order valence-corrected chi connectivity index (χ1v) is 10.3. The number of piperidine rings is 2. The van der Waals surface area contributed by atoms with E-state index in [2.05, 4.69) is 37.1 Å². The fourth-order valence-electron chi connectivity index (χ4n) is 4.82. The van der Waals surface area contributed by atoms with Gasteiger partial charge in [-0.2, -0.15) is 0 Å². The maximum atomic E-state index is 13.3. The molecule has 2 atom stereocenters. The molecule has 3 amide bonds. The molecule has 150 valence electrons. The van der Waals surface area contributed by atoms with Crippen LogP contribution in [0.1, 0.15) is 73.9 Å². The molecule has 0 aliphatic carbocycles. The maximum Gasteiger partial charge on any atom is 0.255 e. The van der Waals surface area contributed by atoms with Crippen LogP contribution in [0.5, 0.6) is 0 Å². The molecule has 0 radical (unpaired) electrons. The third-order valence-corrected chi connectivity index (χ3v) is 6.39. The predicted molar refractivity (Wildman–Crippen MR) is 106 cm³/mol. The normalized spacial score (nSPS) is 26.4. The summed E-state index contributed by atoms with van der Waals surface area (Å²) in [6.45, 7) is 9.20. The highest BCUT2D eigenvalue weighted by Crippen LogP contribution is 2.37. The summed E-state index contributed by atoms with van der Waals surface area (Å²) in [7, 11) is 0. The monoisotopic (exact) mass is 383 g/mol. The molecule has 0 spiro atoms. The second kappa shape index (κ2) is 6.99. The summed E-state index contributed by atoms with van der Waals surface area (Å²) < 4.78 is 0. The zero-order valence-corrected chi connectivity index (χ0v) is 17.0. The van der Waals surface area contributed by atoms with Crippen molar-refractivity contribution in [2.45, 2.75) is 70.5 Å². The van der Waals surface area contributed by atoms with Crippen LogP contribution < -0.4 is 5.32 Å². The number of carbonyl (C=O) groups excluding carboxylic acids is 3. The molecule has 0 saturated carbocycles. The molecule has 6 heteroatoms. The van der Waals surface area contributed by atoms with Crippen LogP contribution in [-0.2, 0) is 16.1 Å². The lowest BCUT2D eigenvalue weighted by Gasteiger charge is -2.42. The van der Waals surface area contributed by atoms with Gasteiger partial charge in [0.25, 0.3) is 5.91 Å². The van der Waals surface area contributed by atoms with Crippen molar-refractivity contribution in [3.63, 3.8) is 0 Å². The number of hydrogen-bond donors (Lipinski definition) is 1. The Morgan fingerprint density at radius 1 is 1.11 bits per heavy atom. The summed E-state index contributed by atoms with van der Waals surface area (Å²) in [6, 6.07) is 5.56. The maximum absolute atomic E-state index is 13.3. The lowest BCUT2D eigenvalue weighted by molar-refractivity contribution is -0.136. The van der Waals surface area contributed by atoms with Gasteiger partial charge < -0.3 is 4.90 Å². The van der Waals surface area contributed by atoms with Crippen molar-refractivity contribution in [1.29, 1.82) is 0 Å². The van der Waals surface area contributed by atoms with E-state index in [1.54, 1.807) is 4.90 Å². The molecule has 2 unspecified atom stereocenters. The molecule has 2 fully saturated rings. The highest BCUT2D eigenvalue weighted by molar-refractivity contribution is 6.06. The Morgan fingerprint density at radius 3 is 2.61 bits per heavy atom. The van der Waals surface area contributed by atoms with Gasteiger partial charge in [0.05, 0.1) is 0 Å². The fourth-order valence-corrected chi connectivity index (χ4v) is 4.82. The van der Waals surface area contributed by atoms with E-state index in [-0.39, 0.29) is 29.7 Å². The standard InChI is InChI=1S/C22H29N3O3/c1-22(2,3)24-11-5-7-14(12-24)16-8-4-6-15-13-25(21(28)19(15)16)17-9-10-18(26)23-20(17)27/h4,6,8,14,17H,5,7,9-13H2,1-3H3,(H,23,26,27). The number of likely N-dealkylation sites (tertiary alicyclic amines) is 1. The average molecular weight is 383 g/mol. The summed E-state index contributed by atoms with van der Waals surface area (Å²) in [5.41, 5.74) is 3.01. The Labute approximate surface area is 166 Å². The smallest absolute Gasteiger partial charge is 0.255 e. The molecule has 1 aromatic carbocycles. The first-order valence-electron chi connectivity index (χ1n) is 10.3. The summed E-state index contributed by atoms with van der Waals surface area (Å²) in [6.07, 6.45) is 2.89. The Balaban J connectivity index is 1.60. The lowest BCUT2D eigenvalue weighted by Crippen LogP contribution is -2.52. The summed E-state index contributed by atoms with van der Waals surface area (Å²) in [4.78, 5) is 41.2. The van der Waals surface area contributed by atoms with Crippen LogP contribution in [0.4, 0.5) is 0 Å². The van der Waals surface area contributed by atoms with Crippen molar-refractivity contribution < 1.29 is 14.4 Å². The van der Waals surface area contributed by atoms with E-state index in [1.165, 1.54) is 0 Å². The minimum absolute atomic E-state index is 0.0621. The molecule has 0 bridgehead atoms. The Morgan fingerprint density at radius 2 is 1.89 bits per heavy atom. The molecular formula is C22H29N3O3. The molecule has 1 N–H and O–H groups in total. The number of hydrogen-bond acceptors (Lipinski definition) is 4. The minimum atomic E-state index is -0.553. The van der Waals surface area contributed by atoms with Gasteiger partial charge in [-0.15, -0.1) is 0 Å². The number of nitrogens with one attached hydrogen (secondary N) is 1. The van der Waals surface area contributed by atoms with Gasteiger partial charge >= 0.3 is 0 Å². The molecule has 6 nitrogen and oxygen atoms in total. The Hall–Kier alpha value is -2.21. The number of fused-ring (bicyclic) bond motifs is 1. The van der Waals surface area contributed by atoms with Gasteiger partial charge in [0.15, 0.2) is 0 Å². The number of nitrogens with zero attached hydrogens (tertiary/aromatic N) is 2. The number of benzene rings is 1. The van der Waals surface area contributed by atoms with Crippen molar-refractivity contribution in [2.24, 2.45) is 0 Å². The van der Waals surface area contributed by atoms with E-state index in [1.807, 2.05) is 12.1 Å². The highest BCUT2D eigenvalue weighted by atomic mass is 16.2. The van der Waals surface area contributed by atoms with Gasteiger partial charge in [0.1, 0.15) is 6.04 Å². The van der Waals surface area contributed by atoms with Gasteiger partial charge in [-0.25, -0.2) is 0 Å². The quantitative estimate of drug-likeness (QED) is 0.797.